The molecule has 0 unspecified atom stereocenters. The lowest BCUT2D eigenvalue weighted by molar-refractivity contribution is 0.433. The van der Waals surface area contributed by atoms with Gasteiger partial charge in [-0.2, -0.15) is 11.8 Å². The molecule has 0 aliphatic heterocycles. The fourth-order valence-corrected chi connectivity index (χ4v) is 4.68. The summed E-state index contributed by atoms with van der Waals surface area (Å²) in [4.78, 5) is 28.1. The Hall–Kier alpha value is -0.890. The number of hydrogen-bond donors (Lipinski definition) is 0. The Balaban J connectivity index is 1.69. The van der Waals surface area contributed by atoms with Gasteiger partial charge in [-0.3, -0.25) is 0 Å². The monoisotopic (exact) mass is 280 g/mol. The molecule has 0 N–H and O–H groups in total. The van der Waals surface area contributed by atoms with Crippen molar-refractivity contribution < 1.29 is 9.59 Å². The van der Waals surface area contributed by atoms with Crippen molar-refractivity contribution in [3.63, 3.8) is 0 Å². The number of nitrogens with zero attached hydrogens (tertiary/aromatic N) is 2. The summed E-state index contributed by atoms with van der Waals surface area (Å²) >= 11 is 2.10. The molecule has 0 saturated heterocycles. The maximum atomic E-state index is 10.2. The predicted molar refractivity (Wildman–Crippen MR) is 75.9 cm³/mol. The van der Waals surface area contributed by atoms with Crippen molar-refractivity contribution in [2.24, 2.45) is 9.98 Å². The minimum absolute atomic E-state index is 0.215. The van der Waals surface area contributed by atoms with Crippen LogP contribution in [0.3, 0.4) is 0 Å². The predicted octanol–water partition coefficient (Wildman–Crippen LogP) is 3.01. The molecule has 2 saturated carbocycles. The molecule has 0 bridgehead atoms. The minimum Gasteiger partial charge on any atom is -0.211 e. The van der Waals surface area contributed by atoms with Gasteiger partial charge in [0.1, 0.15) is 0 Å². The van der Waals surface area contributed by atoms with Crippen LogP contribution < -0.4 is 0 Å². The van der Waals surface area contributed by atoms with Crippen LogP contribution in [-0.4, -0.2) is 34.7 Å². The van der Waals surface area contributed by atoms with Gasteiger partial charge in [-0.1, -0.05) is 0 Å². The van der Waals surface area contributed by atoms with E-state index in [1.807, 2.05) is 0 Å². The van der Waals surface area contributed by atoms with Crippen molar-refractivity contribution in [2.45, 2.75) is 74.0 Å². The van der Waals surface area contributed by atoms with Gasteiger partial charge in [-0.05, 0) is 51.4 Å². The second-order valence-electron chi connectivity index (χ2n) is 5.44. The van der Waals surface area contributed by atoms with E-state index in [0.717, 1.165) is 51.4 Å². The van der Waals surface area contributed by atoms with Crippen LogP contribution in [0, 0.1) is 0 Å². The topological polar surface area (TPSA) is 58.9 Å². The maximum absolute atomic E-state index is 10.2. The third kappa shape index (κ3) is 4.61. The zero-order valence-corrected chi connectivity index (χ0v) is 11.9. The van der Waals surface area contributed by atoms with E-state index in [2.05, 4.69) is 21.7 Å². The fourth-order valence-electron chi connectivity index (χ4n) is 3.04. The lowest BCUT2D eigenvalue weighted by Gasteiger charge is -2.31. The first-order valence-electron chi connectivity index (χ1n) is 7.11. The van der Waals surface area contributed by atoms with Gasteiger partial charge in [-0.25, -0.2) is 19.6 Å². The van der Waals surface area contributed by atoms with E-state index in [4.69, 9.17) is 0 Å². The highest BCUT2D eigenvalue weighted by Crippen LogP contribution is 2.38. The average molecular weight is 280 g/mol. The van der Waals surface area contributed by atoms with E-state index < -0.39 is 0 Å². The second-order valence-corrected chi connectivity index (χ2v) is 7.04. The zero-order valence-electron chi connectivity index (χ0n) is 11.1. The first-order chi connectivity index (χ1) is 9.31. The Morgan fingerprint density at radius 2 is 1.05 bits per heavy atom. The fraction of sp³-hybridized carbons (Fsp3) is 0.857. The normalized spacial score (nSPS) is 34.9. The summed E-state index contributed by atoms with van der Waals surface area (Å²) in [6.07, 6.45) is 12.1. The summed E-state index contributed by atoms with van der Waals surface area (Å²) in [6.45, 7) is 0. The summed E-state index contributed by atoms with van der Waals surface area (Å²) in [5, 5.41) is 1.43. The first kappa shape index (κ1) is 14.5. The highest BCUT2D eigenvalue weighted by molar-refractivity contribution is 8.00. The maximum Gasteiger partial charge on any atom is 0.235 e. The highest BCUT2D eigenvalue weighted by Gasteiger charge is 2.27. The zero-order chi connectivity index (χ0) is 13.5. The molecule has 0 radical (unpaired) electrons. The van der Waals surface area contributed by atoms with E-state index in [9.17, 15) is 9.59 Å². The molecule has 2 aliphatic rings. The molecule has 0 amide bonds. The van der Waals surface area contributed by atoms with Crippen LogP contribution in [0.15, 0.2) is 9.98 Å². The van der Waals surface area contributed by atoms with E-state index >= 15 is 0 Å². The largest absolute Gasteiger partial charge is 0.235 e. The van der Waals surface area contributed by atoms with Crippen molar-refractivity contribution in [2.75, 3.05) is 0 Å². The summed E-state index contributed by atoms with van der Waals surface area (Å²) in [6, 6.07) is 0.430. The molecule has 104 valence electrons. The van der Waals surface area contributed by atoms with E-state index in [1.54, 1.807) is 12.2 Å². The standard InChI is InChI=1S/C14H20N2O2S/c17-9-15-11-1-5-13(6-2-11)19-14-7-3-12(4-8-14)16-10-18/h11-14H,1-8H2. The molecule has 0 spiro atoms. The smallest absolute Gasteiger partial charge is 0.211 e. The van der Waals surface area contributed by atoms with E-state index in [0.29, 0.717) is 10.5 Å². The van der Waals surface area contributed by atoms with Crippen molar-refractivity contribution >= 4 is 23.9 Å². The van der Waals surface area contributed by atoms with Gasteiger partial charge in [0.2, 0.25) is 12.2 Å². The third-order valence-corrected chi connectivity index (χ3v) is 5.86. The first-order valence-corrected chi connectivity index (χ1v) is 8.05. The van der Waals surface area contributed by atoms with Gasteiger partial charge in [0, 0.05) is 10.5 Å². The van der Waals surface area contributed by atoms with Crippen molar-refractivity contribution in [1.29, 1.82) is 0 Å². The second kappa shape index (κ2) is 7.64. The van der Waals surface area contributed by atoms with Gasteiger partial charge in [0.25, 0.3) is 0 Å². The van der Waals surface area contributed by atoms with Gasteiger partial charge >= 0.3 is 0 Å². The van der Waals surface area contributed by atoms with Crippen LogP contribution in [-0.2, 0) is 9.59 Å². The Kier molecular flexibility index (Phi) is 5.84. The number of rotatable bonds is 4. The number of carbonyl (C=O) groups excluding carboxylic acids is 2. The Bertz CT molecular complexity index is 337. The van der Waals surface area contributed by atoms with Gasteiger partial charge < -0.3 is 0 Å². The lowest BCUT2D eigenvalue weighted by atomic mass is 9.95. The number of hydrogen-bond acceptors (Lipinski definition) is 5. The summed E-state index contributed by atoms with van der Waals surface area (Å²) in [7, 11) is 0. The van der Waals surface area contributed by atoms with Crippen LogP contribution in [0.4, 0.5) is 0 Å². The number of thioether (sulfide) groups is 1. The van der Waals surface area contributed by atoms with Gasteiger partial charge in [0.05, 0.1) is 12.1 Å². The average Bonchev–Trinajstić information content (AvgIpc) is 2.44. The molecule has 2 fully saturated rings. The molecule has 0 aromatic heterocycles. The summed E-state index contributed by atoms with van der Waals surface area (Å²) < 4.78 is 0. The Labute approximate surface area is 118 Å². The molecule has 0 heterocycles. The molecule has 2 rings (SSSR count). The van der Waals surface area contributed by atoms with E-state index in [1.165, 1.54) is 0 Å². The molecule has 0 atom stereocenters. The molecule has 2 aliphatic carbocycles. The highest BCUT2D eigenvalue weighted by atomic mass is 32.2. The van der Waals surface area contributed by atoms with Crippen LogP contribution in [0.1, 0.15) is 51.4 Å². The number of aliphatic imine (C=N–C) groups is 2. The lowest BCUT2D eigenvalue weighted by Crippen LogP contribution is -2.24. The SMILES string of the molecule is O=C=NC1CCC(SC2CCC(N=C=O)CC2)CC1. The van der Waals surface area contributed by atoms with Crippen LogP contribution in [0.25, 0.3) is 0 Å². The molecule has 0 aromatic carbocycles. The van der Waals surface area contributed by atoms with E-state index in [-0.39, 0.29) is 12.1 Å². The van der Waals surface area contributed by atoms with Crippen LogP contribution in [0.2, 0.25) is 0 Å². The third-order valence-electron chi connectivity index (χ3n) is 4.14. The summed E-state index contributed by atoms with van der Waals surface area (Å²) in [5.41, 5.74) is 0. The quantitative estimate of drug-likeness (QED) is 0.587. The molecule has 19 heavy (non-hydrogen) atoms. The molecular weight excluding hydrogens is 260 g/mol. The van der Waals surface area contributed by atoms with Crippen molar-refractivity contribution in [3.05, 3.63) is 0 Å². The van der Waals surface area contributed by atoms with Crippen molar-refractivity contribution in [3.8, 4) is 0 Å². The van der Waals surface area contributed by atoms with Gasteiger partial charge in [-0.15, -0.1) is 0 Å². The van der Waals surface area contributed by atoms with Gasteiger partial charge in [0.15, 0.2) is 0 Å². The molecule has 5 heteroatoms. The Morgan fingerprint density at radius 1 is 0.684 bits per heavy atom. The van der Waals surface area contributed by atoms with Crippen LogP contribution in [0.5, 0.6) is 0 Å². The molecule has 0 aromatic rings. The molecule has 4 nitrogen and oxygen atoms in total. The Morgan fingerprint density at radius 3 is 1.37 bits per heavy atom. The minimum atomic E-state index is 0.215. The number of isocyanates is 2. The summed E-state index contributed by atoms with van der Waals surface area (Å²) in [5.74, 6) is 0. The molecular formula is C14H20N2O2S. The van der Waals surface area contributed by atoms with Crippen molar-refractivity contribution in [1.82, 2.24) is 0 Å². The van der Waals surface area contributed by atoms with Crippen LogP contribution >= 0.6 is 11.8 Å².